The van der Waals surface area contributed by atoms with Gasteiger partial charge in [-0.3, -0.25) is 14.6 Å². The molecule has 1 amide bonds. The third-order valence-corrected chi connectivity index (χ3v) is 3.94. The van der Waals surface area contributed by atoms with E-state index in [4.69, 9.17) is 0 Å². The Morgan fingerprint density at radius 3 is 2.76 bits per heavy atom. The molecule has 0 unspecified atom stereocenters. The van der Waals surface area contributed by atoms with Crippen molar-refractivity contribution in [3.63, 3.8) is 0 Å². The molecule has 1 atom stereocenters. The minimum absolute atomic E-state index is 0.0805. The Kier molecular flexibility index (Phi) is 5.23. The van der Waals surface area contributed by atoms with Crippen LogP contribution in [0.15, 0.2) is 42.7 Å². The molecule has 2 aromatic heterocycles. The first-order chi connectivity index (χ1) is 12.2. The van der Waals surface area contributed by atoms with Crippen molar-refractivity contribution in [1.82, 2.24) is 30.3 Å². The topological polar surface area (TPSA) is 88.5 Å². The fraction of sp³-hybridized carbons (Fsp3) is 0.333. The number of aryl methyl sites for hydroxylation is 1. The van der Waals surface area contributed by atoms with E-state index in [1.165, 1.54) is 0 Å². The van der Waals surface area contributed by atoms with Gasteiger partial charge in [-0.05, 0) is 24.1 Å². The normalized spacial score (nSPS) is 12.1. The summed E-state index contributed by atoms with van der Waals surface area (Å²) in [6.07, 6.45) is 4.48. The van der Waals surface area contributed by atoms with Gasteiger partial charge in [-0.25, -0.2) is 4.98 Å². The highest BCUT2D eigenvalue weighted by molar-refractivity contribution is 5.94. The number of H-pyrrole nitrogens is 1. The van der Waals surface area contributed by atoms with E-state index in [0.717, 1.165) is 24.4 Å². The zero-order chi connectivity index (χ0) is 17.6. The molecule has 0 bridgehead atoms. The molecule has 3 aromatic rings. The molecule has 130 valence electrons. The van der Waals surface area contributed by atoms with Crippen molar-refractivity contribution in [3.05, 3.63) is 54.1 Å². The first-order valence-corrected chi connectivity index (χ1v) is 8.43. The third kappa shape index (κ3) is 4.32. The van der Waals surface area contributed by atoms with Gasteiger partial charge in [0.05, 0.1) is 0 Å². The summed E-state index contributed by atoms with van der Waals surface area (Å²) >= 11 is 0. The van der Waals surface area contributed by atoms with Crippen LogP contribution in [0, 0.1) is 5.92 Å². The van der Waals surface area contributed by atoms with E-state index in [0.29, 0.717) is 23.9 Å². The van der Waals surface area contributed by atoms with E-state index in [9.17, 15) is 4.79 Å². The summed E-state index contributed by atoms with van der Waals surface area (Å²) in [5.41, 5.74) is 1.51. The molecule has 7 nitrogen and oxygen atoms in total. The van der Waals surface area contributed by atoms with E-state index >= 15 is 0 Å². The first-order valence-electron chi connectivity index (χ1n) is 8.43. The summed E-state index contributed by atoms with van der Waals surface area (Å²) < 4.78 is 1.87. The lowest BCUT2D eigenvalue weighted by Crippen LogP contribution is -2.30. The molecule has 0 aliphatic rings. The van der Waals surface area contributed by atoms with Crippen LogP contribution in [0.1, 0.15) is 30.0 Å². The Labute approximate surface area is 146 Å². The van der Waals surface area contributed by atoms with Crippen LogP contribution in [0.3, 0.4) is 0 Å². The maximum atomic E-state index is 12.3. The summed E-state index contributed by atoms with van der Waals surface area (Å²) in [4.78, 5) is 16.7. The van der Waals surface area contributed by atoms with E-state index in [-0.39, 0.29) is 5.91 Å². The third-order valence-electron chi connectivity index (χ3n) is 3.94. The van der Waals surface area contributed by atoms with Gasteiger partial charge >= 0.3 is 0 Å². The highest BCUT2D eigenvalue weighted by Gasteiger charge is 2.10. The van der Waals surface area contributed by atoms with Gasteiger partial charge in [-0.2, -0.15) is 10.2 Å². The second kappa shape index (κ2) is 7.74. The predicted molar refractivity (Wildman–Crippen MR) is 94.9 cm³/mol. The van der Waals surface area contributed by atoms with E-state index in [1.54, 1.807) is 18.3 Å². The lowest BCUT2D eigenvalue weighted by molar-refractivity contribution is 0.0946. The second-order valence-corrected chi connectivity index (χ2v) is 6.08. The zero-order valence-corrected chi connectivity index (χ0v) is 14.4. The Balaban J connectivity index is 1.55. The van der Waals surface area contributed by atoms with Crippen molar-refractivity contribution in [1.29, 1.82) is 0 Å². The van der Waals surface area contributed by atoms with Gasteiger partial charge in [0.15, 0.2) is 5.82 Å². The van der Waals surface area contributed by atoms with Gasteiger partial charge in [0.25, 0.3) is 5.91 Å². The standard InChI is InChI=1S/C18H22N6O/c1-3-16-21-17(23-22-16)14-5-7-15(8-6-14)18(25)19-11-13(2)12-24-10-4-9-20-24/h4-10,13H,3,11-12H2,1-2H3,(H,19,25)(H,21,22,23)/t13-/m0/s1. The summed E-state index contributed by atoms with van der Waals surface area (Å²) in [5, 5.41) is 14.2. The lowest BCUT2D eigenvalue weighted by atomic mass is 10.1. The molecule has 3 rings (SSSR count). The fourth-order valence-electron chi connectivity index (χ4n) is 2.51. The Hall–Kier alpha value is -2.96. The number of rotatable bonds is 7. The molecule has 1 aromatic carbocycles. The van der Waals surface area contributed by atoms with E-state index < -0.39 is 0 Å². The smallest absolute Gasteiger partial charge is 0.251 e. The predicted octanol–water partition coefficient (Wildman–Crippen LogP) is 2.30. The van der Waals surface area contributed by atoms with Crippen LogP contribution >= 0.6 is 0 Å². The van der Waals surface area contributed by atoms with Crippen molar-refractivity contribution < 1.29 is 4.79 Å². The molecule has 0 fully saturated rings. The highest BCUT2D eigenvalue weighted by atomic mass is 16.1. The molecule has 0 aliphatic heterocycles. The molecule has 0 aliphatic carbocycles. The molecule has 25 heavy (non-hydrogen) atoms. The summed E-state index contributed by atoms with van der Waals surface area (Å²) in [6, 6.07) is 9.22. The Morgan fingerprint density at radius 2 is 2.12 bits per heavy atom. The molecule has 2 N–H and O–H groups in total. The number of aromatic nitrogens is 5. The van der Waals surface area contributed by atoms with Crippen LogP contribution < -0.4 is 5.32 Å². The van der Waals surface area contributed by atoms with Crippen molar-refractivity contribution in [2.45, 2.75) is 26.8 Å². The molecule has 7 heteroatoms. The molecule has 2 heterocycles. The molecule has 0 radical (unpaired) electrons. The van der Waals surface area contributed by atoms with Crippen LogP contribution in [-0.2, 0) is 13.0 Å². The maximum Gasteiger partial charge on any atom is 0.251 e. The summed E-state index contributed by atoms with van der Waals surface area (Å²) in [7, 11) is 0. The van der Waals surface area contributed by atoms with Crippen molar-refractivity contribution in [2.75, 3.05) is 6.54 Å². The van der Waals surface area contributed by atoms with E-state index in [2.05, 4.69) is 32.5 Å². The monoisotopic (exact) mass is 338 g/mol. The molecule has 0 saturated heterocycles. The van der Waals surface area contributed by atoms with Crippen molar-refractivity contribution in [3.8, 4) is 11.4 Å². The minimum atomic E-state index is -0.0805. The SMILES string of the molecule is CCc1nc(-c2ccc(C(=O)NC[C@H](C)Cn3cccn3)cc2)n[nH]1. The van der Waals surface area contributed by atoms with Crippen molar-refractivity contribution in [2.24, 2.45) is 5.92 Å². The molecular weight excluding hydrogens is 316 g/mol. The van der Waals surface area contributed by atoms with Gasteiger partial charge in [-0.15, -0.1) is 0 Å². The van der Waals surface area contributed by atoms with Crippen LogP contribution in [0.25, 0.3) is 11.4 Å². The fourth-order valence-corrected chi connectivity index (χ4v) is 2.51. The maximum absolute atomic E-state index is 12.3. The van der Waals surface area contributed by atoms with Gasteiger partial charge < -0.3 is 5.32 Å². The highest BCUT2D eigenvalue weighted by Crippen LogP contribution is 2.15. The average molecular weight is 338 g/mol. The molecular formula is C18H22N6O. The Bertz CT molecular complexity index is 806. The largest absolute Gasteiger partial charge is 0.352 e. The molecule has 0 saturated carbocycles. The van der Waals surface area contributed by atoms with Crippen LogP contribution in [0.2, 0.25) is 0 Å². The quantitative estimate of drug-likeness (QED) is 0.692. The van der Waals surface area contributed by atoms with Gasteiger partial charge in [0.2, 0.25) is 0 Å². The number of carbonyl (C=O) groups excluding carboxylic acids is 1. The van der Waals surface area contributed by atoms with E-state index in [1.807, 2.05) is 36.0 Å². The van der Waals surface area contributed by atoms with Gasteiger partial charge in [-0.1, -0.05) is 26.0 Å². The van der Waals surface area contributed by atoms with Crippen LogP contribution in [0.4, 0.5) is 0 Å². The summed E-state index contributed by atoms with van der Waals surface area (Å²) in [6.45, 7) is 5.47. The second-order valence-electron chi connectivity index (χ2n) is 6.08. The lowest BCUT2D eigenvalue weighted by Gasteiger charge is -2.13. The number of nitrogens with zero attached hydrogens (tertiary/aromatic N) is 4. The van der Waals surface area contributed by atoms with Gasteiger partial charge in [0, 0.05) is 43.0 Å². The van der Waals surface area contributed by atoms with Crippen molar-refractivity contribution >= 4 is 5.91 Å². The molecule has 0 spiro atoms. The number of hydrogen-bond donors (Lipinski definition) is 2. The number of amides is 1. The number of carbonyl (C=O) groups is 1. The number of nitrogens with one attached hydrogen (secondary N) is 2. The minimum Gasteiger partial charge on any atom is -0.352 e. The number of hydrogen-bond acceptors (Lipinski definition) is 4. The van der Waals surface area contributed by atoms with Crippen LogP contribution in [0.5, 0.6) is 0 Å². The number of aromatic amines is 1. The average Bonchev–Trinajstić information content (AvgIpc) is 3.31. The zero-order valence-electron chi connectivity index (χ0n) is 14.4. The van der Waals surface area contributed by atoms with Gasteiger partial charge in [0.1, 0.15) is 5.82 Å². The number of benzene rings is 1. The van der Waals surface area contributed by atoms with Crippen LogP contribution in [-0.4, -0.2) is 37.4 Å². The first kappa shape index (κ1) is 16.9. The summed E-state index contributed by atoms with van der Waals surface area (Å²) in [5.74, 6) is 1.71. The Morgan fingerprint density at radius 1 is 1.32 bits per heavy atom.